The summed E-state index contributed by atoms with van der Waals surface area (Å²) in [4.78, 5) is 16.6. The van der Waals surface area contributed by atoms with Crippen LogP contribution in [0.3, 0.4) is 0 Å². The maximum absolute atomic E-state index is 12.5. The van der Waals surface area contributed by atoms with Crippen molar-refractivity contribution >= 4 is 5.91 Å². The Morgan fingerprint density at radius 1 is 1.07 bits per heavy atom. The van der Waals surface area contributed by atoms with Crippen LogP contribution in [-0.2, 0) is 11.3 Å². The fraction of sp³-hybridized carbons (Fsp3) is 0.381. The number of hydrogen-bond donors (Lipinski definition) is 2. The fourth-order valence-corrected chi connectivity index (χ4v) is 3.38. The standard InChI is InChI=1S/C21H26N2O4/c24-13-10-18-15-23(12-11-22(18)14-17-6-2-1-3-7-17)21(26)16-27-20-9-5-4-8-19(20)25/h1-9,18,24-25H,10-16H2/t18-/m0/s1. The molecule has 0 aromatic heterocycles. The van der Waals surface area contributed by atoms with E-state index in [4.69, 9.17) is 4.74 Å². The van der Waals surface area contributed by atoms with Crippen molar-refractivity contribution in [3.63, 3.8) is 0 Å². The molecule has 0 radical (unpaired) electrons. The molecule has 27 heavy (non-hydrogen) atoms. The van der Waals surface area contributed by atoms with Crippen LogP contribution in [0.25, 0.3) is 0 Å². The number of hydrogen-bond acceptors (Lipinski definition) is 5. The van der Waals surface area contributed by atoms with Gasteiger partial charge in [0.25, 0.3) is 5.91 Å². The molecule has 0 aliphatic carbocycles. The minimum Gasteiger partial charge on any atom is -0.504 e. The molecule has 0 spiro atoms. The van der Waals surface area contributed by atoms with Gasteiger partial charge in [0, 0.05) is 38.8 Å². The SMILES string of the molecule is O=C(COc1ccccc1O)N1CCN(Cc2ccccc2)[C@@H](CCO)C1. The van der Waals surface area contributed by atoms with Crippen molar-refractivity contribution in [3.05, 3.63) is 60.2 Å². The van der Waals surface area contributed by atoms with Crippen LogP contribution in [0, 0.1) is 0 Å². The van der Waals surface area contributed by atoms with Gasteiger partial charge in [-0.25, -0.2) is 0 Å². The van der Waals surface area contributed by atoms with Crippen LogP contribution in [0.15, 0.2) is 54.6 Å². The molecule has 0 unspecified atom stereocenters. The number of nitrogens with zero attached hydrogens (tertiary/aromatic N) is 2. The van der Waals surface area contributed by atoms with Gasteiger partial charge >= 0.3 is 0 Å². The van der Waals surface area contributed by atoms with Gasteiger partial charge in [0.1, 0.15) is 0 Å². The summed E-state index contributed by atoms with van der Waals surface area (Å²) < 4.78 is 5.47. The predicted octanol–water partition coefficient (Wildman–Crippen LogP) is 1.87. The third-order valence-electron chi connectivity index (χ3n) is 4.86. The number of phenolic OH excluding ortho intramolecular Hbond substituents is 1. The molecular formula is C21H26N2O4. The zero-order valence-corrected chi connectivity index (χ0v) is 15.3. The summed E-state index contributed by atoms with van der Waals surface area (Å²) in [5, 5.41) is 19.2. The maximum Gasteiger partial charge on any atom is 0.260 e. The number of amides is 1. The number of para-hydroxylation sites is 2. The van der Waals surface area contributed by atoms with Crippen LogP contribution in [0.2, 0.25) is 0 Å². The number of aliphatic hydroxyl groups is 1. The number of rotatable bonds is 7. The highest BCUT2D eigenvalue weighted by atomic mass is 16.5. The van der Waals surface area contributed by atoms with Gasteiger partial charge in [0.2, 0.25) is 0 Å². The molecule has 2 N–H and O–H groups in total. The van der Waals surface area contributed by atoms with Gasteiger partial charge in [-0.3, -0.25) is 9.69 Å². The van der Waals surface area contributed by atoms with Crippen molar-refractivity contribution in [2.24, 2.45) is 0 Å². The molecule has 6 nitrogen and oxygen atoms in total. The summed E-state index contributed by atoms with van der Waals surface area (Å²) in [6.45, 7) is 2.73. The maximum atomic E-state index is 12.5. The van der Waals surface area contributed by atoms with Crippen molar-refractivity contribution in [2.45, 2.75) is 19.0 Å². The number of carbonyl (C=O) groups excluding carboxylic acids is 1. The highest BCUT2D eigenvalue weighted by Crippen LogP contribution is 2.24. The van der Waals surface area contributed by atoms with E-state index in [-0.39, 0.29) is 30.9 Å². The Morgan fingerprint density at radius 3 is 2.56 bits per heavy atom. The van der Waals surface area contributed by atoms with E-state index in [0.29, 0.717) is 25.3 Å². The monoisotopic (exact) mass is 370 g/mol. The summed E-state index contributed by atoms with van der Waals surface area (Å²) in [5.74, 6) is 0.220. The number of ether oxygens (including phenoxy) is 1. The highest BCUT2D eigenvalue weighted by Gasteiger charge is 2.29. The van der Waals surface area contributed by atoms with E-state index >= 15 is 0 Å². The van der Waals surface area contributed by atoms with E-state index in [0.717, 1.165) is 13.1 Å². The second-order valence-corrected chi connectivity index (χ2v) is 6.72. The molecule has 0 bridgehead atoms. The number of carbonyl (C=O) groups is 1. The number of aliphatic hydroxyl groups excluding tert-OH is 1. The third-order valence-corrected chi connectivity index (χ3v) is 4.86. The lowest BCUT2D eigenvalue weighted by Gasteiger charge is -2.41. The second kappa shape index (κ2) is 9.39. The van der Waals surface area contributed by atoms with Crippen LogP contribution in [0.5, 0.6) is 11.5 Å². The Morgan fingerprint density at radius 2 is 1.81 bits per heavy atom. The smallest absolute Gasteiger partial charge is 0.260 e. The Labute approximate surface area is 159 Å². The first kappa shape index (κ1) is 19.2. The largest absolute Gasteiger partial charge is 0.504 e. The quantitative estimate of drug-likeness (QED) is 0.778. The minimum atomic E-state index is -0.111. The highest BCUT2D eigenvalue weighted by molar-refractivity contribution is 5.78. The summed E-state index contributed by atoms with van der Waals surface area (Å²) in [6.07, 6.45) is 0.622. The Bertz CT molecular complexity index is 738. The molecule has 3 rings (SSSR count). The summed E-state index contributed by atoms with van der Waals surface area (Å²) >= 11 is 0. The van der Waals surface area contributed by atoms with Crippen LogP contribution in [0.4, 0.5) is 0 Å². The van der Waals surface area contributed by atoms with Gasteiger partial charge in [-0.2, -0.15) is 0 Å². The molecule has 1 atom stereocenters. The van der Waals surface area contributed by atoms with E-state index in [1.807, 2.05) is 18.2 Å². The molecule has 1 saturated heterocycles. The van der Waals surface area contributed by atoms with E-state index < -0.39 is 0 Å². The van der Waals surface area contributed by atoms with Gasteiger partial charge in [-0.1, -0.05) is 42.5 Å². The van der Waals surface area contributed by atoms with E-state index in [1.165, 1.54) is 11.6 Å². The lowest BCUT2D eigenvalue weighted by Crippen LogP contribution is -2.55. The van der Waals surface area contributed by atoms with E-state index in [1.54, 1.807) is 23.1 Å². The first-order valence-corrected chi connectivity index (χ1v) is 9.25. The van der Waals surface area contributed by atoms with Gasteiger partial charge in [0.05, 0.1) is 0 Å². The zero-order valence-electron chi connectivity index (χ0n) is 15.3. The van der Waals surface area contributed by atoms with Gasteiger partial charge < -0.3 is 19.8 Å². The van der Waals surface area contributed by atoms with Crippen molar-refractivity contribution in [3.8, 4) is 11.5 Å². The molecule has 2 aromatic rings. The topological polar surface area (TPSA) is 73.2 Å². The summed E-state index contributed by atoms with van der Waals surface area (Å²) in [5.41, 5.74) is 1.23. The number of aromatic hydroxyl groups is 1. The van der Waals surface area contributed by atoms with Crippen molar-refractivity contribution in [2.75, 3.05) is 32.8 Å². The van der Waals surface area contributed by atoms with Gasteiger partial charge in [-0.15, -0.1) is 0 Å². The van der Waals surface area contributed by atoms with Crippen LogP contribution >= 0.6 is 0 Å². The Hall–Kier alpha value is -2.57. The molecule has 1 aliphatic heterocycles. The van der Waals surface area contributed by atoms with Gasteiger partial charge in [0.15, 0.2) is 18.1 Å². The summed E-state index contributed by atoms with van der Waals surface area (Å²) in [6, 6.07) is 16.9. The number of phenols is 1. The van der Waals surface area contributed by atoms with Gasteiger partial charge in [-0.05, 0) is 24.1 Å². The third kappa shape index (κ3) is 5.21. The average molecular weight is 370 g/mol. The van der Waals surface area contributed by atoms with Crippen LogP contribution in [0.1, 0.15) is 12.0 Å². The minimum absolute atomic E-state index is 0.0242. The molecule has 1 amide bonds. The average Bonchev–Trinajstić information content (AvgIpc) is 2.69. The van der Waals surface area contributed by atoms with Crippen LogP contribution < -0.4 is 4.74 Å². The van der Waals surface area contributed by atoms with E-state index in [9.17, 15) is 15.0 Å². The molecule has 1 heterocycles. The fourth-order valence-electron chi connectivity index (χ4n) is 3.38. The predicted molar refractivity (Wildman–Crippen MR) is 103 cm³/mol. The molecule has 0 saturated carbocycles. The second-order valence-electron chi connectivity index (χ2n) is 6.72. The molecule has 2 aromatic carbocycles. The normalized spacial score (nSPS) is 17.7. The molecular weight excluding hydrogens is 344 g/mol. The molecule has 1 fully saturated rings. The van der Waals surface area contributed by atoms with Crippen molar-refractivity contribution < 1.29 is 19.7 Å². The zero-order chi connectivity index (χ0) is 19.1. The lowest BCUT2D eigenvalue weighted by molar-refractivity contribution is -0.136. The Balaban J connectivity index is 1.56. The molecule has 1 aliphatic rings. The lowest BCUT2D eigenvalue weighted by atomic mass is 10.1. The molecule has 144 valence electrons. The number of benzene rings is 2. The number of piperazine rings is 1. The van der Waals surface area contributed by atoms with Crippen LogP contribution in [-0.4, -0.2) is 64.8 Å². The Kier molecular flexibility index (Phi) is 6.68. The van der Waals surface area contributed by atoms with Crippen molar-refractivity contribution in [1.82, 2.24) is 9.80 Å². The molecule has 6 heteroatoms. The van der Waals surface area contributed by atoms with Crippen molar-refractivity contribution in [1.29, 1.82) is 0 Å². The first-order valence-electron chi connectivity index (χ1n) is 9.25. The first-order chi connectivity index (χ1) is 13.2. The van der Waals surface area contributed by atoms with E-state index in [2.05, 4.69) is 17.0 Å². The summed E-state index contributed by atoms with van der Waals surface area (Å²) in [7, 11) is 0.